The molecular formula is C12H13NO5S2. The molecule has 0 heterocycles. The van der Waals surface area contributed by atoms with E-state index in [2.05, 4.69) is 4.40 Å². The van der Waals surface area contributed by atoms with Crippen molar-refractivity contribution < 1.29 is 22.7 Å². The highest BCUT2D eigenvalue weighted by molar-refractivity contribution is 7.99. The number of hydrogen-bond acceptors (Lipinski definition) is 6. The first-order valence-electron chi connectivity index (χ1n) is 5.55. The molecule has 0 amide bonds. The fourth-order valence-corrected chi connectivity index (χ4v) is 3.49. The zero-order valence-electron chi connectivity index (χ0n) is 11.1. The van der Waals surface area contributed by atoms with E-state index in [1.54, 1.807) is 20.1 Å². The minimum atomic E-state index is -4.28. The van der Waals surface area contributed by atoms with Gasteiger partial charge in [-0.1, -0.05) is 10.5 Å². The van der Waals surface area contributed by atoms with Crippen LogP contribution in [0.3, 0.4) is 0 Å². The largest absolute Gasteiger partial charge is 0.459 e. The number of carbonyl (C=O) groups excluding carboxylic acids is 2. The molecule has 0 saturated heterocycles. The first-order valence-corrected chi connectivity index (χ1v) is 8.22. The summed E-state index contributed by atoms with van der Waals surface area (Å²) in [5.41, 5.74) is -0.149. The van der Waals surface area contributed by atoms with Gasteiger partial charge in [0.25, 0.3) is 16.1 Å². The average Bonchev–Trinajstić information content (AvgIpc) is 2.36. The Bertz CT molecular complexity index is 660. The van der Waals surface area contributed by atoms with Crippen LogP contribution in [-0.2, 0) is 19.6 Å². The van der Waals surface area contributed by atoms with Crippen LogP contribution in [0.25, 0.3) is 0 Å². The number of rotatable bonds is 5. The second-order valence-corrected chi connectivity index (χ2v) is 6.34. The lowest BCUT2D eigenvalue weighted by molar-refractivity contribution is 0.0372. The van der Waals surface area contributed by atoms with E-state index < -0.39 is 22.1 Å². The number of benzene rings is 1. The van der Waals surface area contributed by atoms with Crippen molar-refractivity contribution >= 4 is 33.8 Å². The molecule has 108 valence electrons. The van der Waals surface area contributed by atoms with Crippen molar-refractivity contribution in [1.82, 2.24) is 0 Å². The first kappa shape index (κ1) is 16.4. The molecule has 0 fully saturated rings. The standard InChI is InChI=1S/C12H13NO5S2/c1-8(2)18-12(15)9-5-4-6-10(19-3)11(9)20(16,17)13-7-14/h4-6,8H,1-3H3. The molecule has 0 aliphatic rings. The quantitative estimate of drug-likeness (QED) is 0.357. The average molecular weight is 315 g/mol. The van der Waals surface area contributed by atoms with Crippen LogP contribution < -0.4 is 0 Å². The normalized spacial score (nSPS) is 11.0. The van der Waals surface area contributed by atoms with Crippen LogP contribution in [0.5, 0.6) is 0 Å². The number of hydrogen-bond donors (Lipinski definition) is 0. The van der Waals surface area contributed by atoms with E-state index in [9.17, 15) is 18.0 Å². The third-order valence-electron chi connectivity index (χ3n) is 2.18. The molecule has 1 aromatic carbocycles. The smallest absolute Gasteiger partial charge is 0.339 e. The van der Waals surface area contributed by atoms with Gasteiger partial charge < -0.3 is 4.74 Å². The highest BCUT2D eigenvalue weighted by Gasteiger charge is 2.27. The molecule has 0 spiro atoms. The lowest BCUT2D eigenvalue weighted by Crippen LogP contribution is -2.15. The van der Waals surface area contributed by atoms with Gasteiger partial charge in [0.2, 0.25) is 0 Å². The van der Waals surface area contributed by atoms with E-state index in [0.29, 0.717) is 4.90 Å². The minimum Gasteiger partial charge on any atom is -0.459 e. The molecule has 0 radical (unpaired) electrons. The summed E-state index contributed by atoms with van der Waals surface area (Å²) < 4.78 is 31.7. The monoisotopic (exact) mass is 315 g/mol. The van der Waals surface area contributed by atoms with Gasteiger partial charge in [0, 0.05) is 4.90 Å². The first-order chi connectivity index (χ1) is 9.33. The molecule has 6 nitrogen and oxygen atoms in total. The van der Waals surface area contributed by atoms with Crippen molar-refractivity contribution in [3.8, 4) is 0 Å². The van der Waals surface area contributed by atoms with Crippen LogP contribution in [0, 0.1) is 0 Å². The maximum absolute atomic E-state index is 12.0. The molecule has 0 N–H and O–H groups in total. The van der Waals surface area contributed by atoms with Gasteiger partial charge in [-0.25, -0.2) is 9.59 Å². The fraction of sp³-hybridized carbons (Fsp3) is 0.333. The van der Waals surface area contributed by atoms with Crippen molar-refractivity contribution in [3.05, 3.63) is 23.8 Å². The van der Waals surface area contributed by atoms with Gasteiger partial charge >= 0.3 is 5.97 Å². The summed E-state index contributed by atoms with van der Waals surface area (Å²) in [5, 5.41) is 0. The Morgan fingerprint density at radius 1 is 1.40 bits per heavy atom. The van der Waals surface area contributed by atoms with Crippen molar-refractivity contribution in [3.63, 3.8) is 0 Å². The Hall–Kier alpha value is -1.63. The summed E-state index contributed by atoms with van der Waals surface area (Å²) in [5.74, 6) is -0.782. The Labute approximate surface area is 121 Å². The van der Waals surface area contributed by atoms with Gasteiger partial charge in [-0.3, -0.25) is 0 Å². The van der Waals surface area contributed by atoms with E-state index >= 15 is 0 Å². The van der Waals surface area contributed by atoms with Gasteiger partial charge in [-0.05, 0) is 32.2 Å². The predicted molar refractivity (Wildman–Crippen MR) is 74.1 cm³/mol. The van der Waals surface area contributed by atoms with Gasteiger partial charge in [0.1, 0.15) is 4.90 Å². The van der Waals surface area contributed by atoms with Gasteiger partial charge in [-0.2, -0.15) is 8.42 Å². The summed E-state index contributed by atoms with van der Waals surface area (Å²) in [7, 11) is -4.28. The molecule has 0 aliphatic heterocycles. The predicted octanol–water partition coefficient (Wildman–Crippen LogP) is 2.00. The molecular weight excluding hydrogens is 302 g/mol. The third kappa shape index (κ3) is 3.69. The molecule has 0 bridgehead atoms. The second-order valence-electron chi connectivity index (χ2n) is 3.95. The van der Waals surface area contributed by atoms with Crippen molar-refractivity contribution in [2.75, 3.05) is 6.26 Å². The van der Waals surface area contributed by atoms with E-state index in [1.807, 2.05) is 0 Å². The van der Waals surface area contributed by atoms with Crippen LogP contribution in [0.4, 0.5) is 0 Å². The maximum Gasteiger partial charge on any atom is 0.339 e. The second kappa shape index (κ2) is 6.69. The molecule has 0 aromatic heterocycles. The third-order valence-corrected chi connectivity index (χ3v) is 4.36. The summed E-state index contributed by atoms with van der Waals surface area (Å²) >= 11 is 1.12. The summed E-state index contributed by atoms with van der Waals surface area (Å²) in [6.07, 6.45) is 2.24. The van der Waals surface area contributed by atoms with Crippen LogP contribution in [-0.4, -0.2) is 32.8 Å². The van der Waals surface area contributed by atoms with Crippen LogP contribution in [0.15, 0.2) is 32.4 Å². The van der Waals surface area contributed by atoms with Crippen molar-refractivity contribution in [2.24, 2.45) is 4.40 Å². The number of esters is 1. The number of thioether (sulfide) groups is 1. The highest BCUT2D eigenvalue weighted by Crippen LogP contribution is 2.30. The SMILES string of the molecule is CSc1cccc(C(=O)OC(C)C)c1S(=O)(=O)N=C=O. The zero-order chi connectivity index (χ0) is 15.3. The summed E-state index contributed by atoms with van der Waals surface area (Å²) in [6.45, 7) is 3.29. The molecule has 8 heteroatoms. The molecule has 1 rings (SSSR count). The minimum absolute atomic E-state index is 0.149. The Balaban J connectivity index is 3.55. The van der Waals surface area contributed by atoms with Crippen LogP contribution >= 0.6 is 11.8 Å². The lowest BCUT2D eigenvalue weighted by Gasteiger charge is -2.12. The Morgan fingerprint density at radius 2 is 2.05 bits per heavy atom. The lowest BCUT2D eigenvalue weighted by atomic mass is 10.2. The topological polar surface area (TPSA) is 89.9 Å². The van der Waals surface area contributed by atoms with Crippen LogP contribution in [0.2, 0.25) is 0 Å². The summed E-state index contributed by atoms with van der Waals surface area (Å²) in [6, 6.07) is 4.37. The van der Waals surface area contributed by atoms with Gasteiger partial charge in [0.15, 0.2) is 0 Å². The number of isocyanates is 1. The number of nitrogens with zero attached hydrogens (tertiary/aromatic N) is 1. The van der Waals surface area contributed by atoms with E-state index in [4.69, 9.17) is 4.74 Å². The molecule has 1 aromatic rings. The molecule has 0 unspecified atom stereocenters. The Morgan fingerprint density at radius 3 is 2.55 bits per heavy atom. The van der Waals surface area contributed by atoms with Gasteiger partial charge in [-0.15, -0.1) is 11.8 Å². The number of ether oxygens (including phenoxy) is 1. The molecule has 0 saturated carbocycles. The fourth-order valence-electron chi connectivity index (χ4n) is 1.48. The van der Waals surface area contributed by atoms with Gasteiger partial charge in [0.05, 0.1) is 11.7 Å². The number of sulfonamides is 1. The maximum atomic E-state index is 12.0. The van der Waals surface area contributed by atoms with E-state index in [-0.39, 0.29) is 10.5 Å². The molecule has 20 heavy (non-hydrogen) atoms. The summed E-state index contributed by atoms with van der Waals surface area (Å²) in [4.78, 5) is 22.2. The van der Waals surface area contributed by atoms with Crippen LogP contribution in [0.1, 0.15) is 24.2 Å². The number of carbonyl (C=O) groups is 1. The van der Waals surface area contributed by atoms with E-state index in [1.165, 1.54) is 18.2 Å². The van der Waals surface area contributed by atoms with Crippen molar-refractivity contribution in [1.29, 1.82) is 0 Å². The zero-order valence-corrected chi connectivity index (χ0v) is 12.7. The molecule has 0 atom stereocenters. The molecule has 0 aliphatic carbocycles. The Kier molecular flexibility index (Phi) is 5.50. The van der Waals surface area contributed by atoms with E-state index in [0.717, 1.165) is 17.8 Å². The van der Waals surface area contributed by atoms with Crippen molar-refractivity contribution in [2.45, 2.75) is 29.7 Å². The highest BCUT2D eigenvalue weighted by atomic mass is 32.2.